The van der Waals surface area contributed by atoms with Gasteiger partial charge in [0.1, 0.15) is 16.3 Å². The van der Waals surface area contributed by atoms with Crippen molar-refractivity contribution in [2.45, 2.75) is 24.0 Å². The Kier molecular flexibility index (Phi) is 6.83. The Morgan fingerprint density at radius 2 is 2.00 bits per heavy atom. The first-order valence-electron chi connectivity index (χ1n) is 8.00. The summed E-state index contributed by atoms with van der Waals surface area (Å²) in [7, 11) is -0.319. The van der Waals surface area contributed by atoms with E-state index in [1.165, 1.54) is 6.34 Å². The molecule has 0 aliphatic carbocycles. The highest BCUT2D eigenvalue weighted by atomic mass is 32.2. The second kappa shape index (κ2) is 8.87. The monoisotopic (exact) mass is 381 g/mol. The summed E-state index contributed by atoms with van der Waals surface area (Å²) in [6, 6.07) is 10.9. The van der Waals surface area contributed by atoms with Crippen molar-refractivity contribution in [2.24, 2.45) is 4.40 Å². The zero-order valence-corrected chi connectivity index (χ0v) is 16.2. The lowest BCUT2D eigenvalue weighted by Crippen LogP contribution is -2.09. The lowest BCUT2D eigenvalue weighted by Gasteiger charge is -2.07. The van der Waals surface area contributed by atoms with Crippen LogP contribution in [0, 0.1) is 0 Å². The van der Waals surface area contributed by atoms with Gasteiger partial charge >= 0.3 is 0 Å². The second-order valence-electron chi connectivity index (χ2n) is 5.62. The van der Waals surface area contributed by atoms with Gasteiger partial charge in [-0.15, -0.1) is 4.40 Å². The number of hydrogen-bond donors (Lipinski definition) is 1. The van der Waals surface area contributed by atoms with E-state index >= 15 is 0 Å². The van der Waals surface area contributed by atoms with Crippen LogP contribution in [0.15, 0.2) is 45.0 Å². The van der Waals surface area contributed by atoms with E-state index in [-0.39, 0.29) is 4.21 Å². The van der Waals surface area contributed by atoms with Crippen LogP contribution in [0.3, 0.4) is 0 Å². The largest absolute Gasteiger partial charge is 0.444 e. The van der Waals surface area contributed by atoms with Gasteiger partial charge in [-0.3, -0.25) is 0 Å². The molecule has 136 valence electrons. The maximum absolute atomic E-state index is 12.4. The molecular formula is C17H23N3O3S2. The molecule has 0 fully saturated rings. The van der Waals surface area contributed by atoms with Crippen LogP contribution >= 0.6 is 11.3 Å². The third kappa shape index (κ3) is 5.75. The smallest absolute Gasteiger partial charge is 0.293 e. The maximum Gasteiger partial charge on any atom is 0.293 e. The lowest BCUT2D eigenvalue weighted by molar-refractivity contribution is 0.498. The van der Waals surface area contributed by atoms with E-state index in [1.807, 2.05) is 30.3 Å². The fourth-order valence-electron chi connectivity index (χ4n) is 1.88. The predicted molar refractivity (Wildman–Crippen MR) is 104 cm³/mol. The fraction of sp³-hybridized carbons (Fsp3) is 0.353. The SMILES string of the molecule is CCCCNc1cc(S(=O)(=O)/N=C\N(C)C)sc1Oc1ccccc1. The van der Waals surface area contributed by atoms with Crippen molar-refractivity contribution in [3.63, 3.8) is 0 Å². The second-order valence-corrected chi connectivity index (χ2v) is 8.50. The minimum Gasteiger partial charge on any atom is -0.444 e. The molecule has 1 N–H and O–H groups in total. The number of hydrogen-bond acceptors (Lipinski definition) is 5. The number of sulfonamides is 1. The fourth-order valence-corrected chi connectivity index (χ4v) is 4.08. The molecule has 2 rings (SSSR count). The minimum atomic E-state index is -3.75. The Hall–Kier alpha value is -2.06. The summed E-state index contributed by atoms with van der Waals surface area (Å²) in [5.41, 5.74) is 0.668. The standard InChI is InChI=1S/C17H23N3O3S2/c1-4-5-11-18-15-12-16(25(21,22)19-13-20(2)3)24-17(15)23-14-9-7-6-8-10-14/h6-10,12-13,18H,4-5,11H2,1-3H3/b19-13-. The number of nitrogens with zero attached hydrogens (tertiary/aromatic N) is 2. The van der Waals surface area contributed by atoms with E-state index in [9.17, 15) is 8.42 Å². The van der Waals surface area contributed by atoms with Crippen LogP contribution in [0.1, 0.15) is 19.8 Å². The van der Waals surface area contributed by atoms with Gasteiger partial charge in [0.05, 0.1) is 5.69 Å². The van der Waals surface area contributed by atoms with Crippen LogP contribution in [0.2, 0.25) is 0 Å². The van der Waals surface area contributed by atoms with Crippen LogP contribution < -0.4 is 10.1 Å². The summed E-state index contributed by atoms with van der Waals surface area (Å²) in [5.74, 6) is 0.656. The highest BCUT2D eigenvalue weighted by molar-refractivity contribution is 7.92. The molecule has 25 heavy (non-hydrogen) atoms. The summed E-state index contributed by atoms with van der Waals surface area (Å²) in [4.78, 5) is 1.58. The maximum atomic E-state index is 12.4. The zero-order chi connectivity index (χ0) is 18.3. The van der Waals surface area contributed by atoms with E-state index in [2.05, 4.69) is 16.6 Å². The van der Waals surface area contributed by atoms with Crippen molar-refractivity contribution in [3.05, 3.63) is 36.4 Å². The Bertz CT molecular complexity index is 800. The molecule has 0 aliphatic rings. The Balaban J connectivity index is 2.31. The lowest BCUT2D eigenvalue weighted by atomic mass is 10.3. The molecule has 6 nitrogen and oxygen atoms in total. The number of ether oxygens (including phenoxy) is 1. The van der Waals surface area contributed by atoms with E-state index in [0.29, 0.717) is 16.5 Å². The van der Waals surface area contributed by atoms with Gasteiger partial charge in [0.25, 0.3) is 10.0 Å². The number of nitrogens with one attached hydrogen (secondary N) is 1. The molecule has 2 aromatic rings. The molecule has 0 bridgehead atoms. The van der Waals surface area contributed by atoms with Gasteiger partial charge in [-0.05, 0) is 24.6 Å². The zero-order valence-electron chi connectivity index (χ0n) is 14.6. The van der Waals surface area contributed by atoms with Gasteiger partial charge in [0, 0.05) is 20.6 Å². The van der Waals surface area contributed by atoms with Crippen molar-refractivity contribution in [1.82, 2.24) is 4.90 Å². The van der Waals surface area contributed by atoms with Crippen LogP contribution in [0.25, 0.3) is 0 Å². The Labute approximate surface area is 153 Å². The number of para-hydroxylation sites is 1. The molecule has 1 aromatic carbocycles. The number of benzene rings is 1. The average molecular weight is 382 g/mol. The summed E-state index contributed by atoms with van der Waals surface area (Å²) < 4.78 is 34.5. The van der Waals surface area contributed by atoms with Gasteiger partial charge in [0.15, 0.2) is 0 Å². The Morgan fingerprint density at radius 1 is 1.28 bits per heavy atom. The number of anilines is 1. The summed E-state index contributed by atoms with van der Waals surface area (Å²) in [5, 5.41) is 3.77. The van der Waals surface area contributed by atoms with E-state index in [1.54, 1.807) is 25.1 Å². The molecule has 0 saturated carbocycles. The first kappa shape index (κ1) is 19.3. The van der Waals surface area contributed by atoms with Gasteiger partial charge in [0.2, 0.25) is 5.06 Å². The minimum absolute atomic E-state index is 0.149. The molecular weight excluding hydrogens is 358 g/mol. The molecule has 8 heteroatoms. The topological polar surface area (TPSA) is 71.0 Å². The molecule has 1 aromatic heterocycles. The van der Waals surface area contributed by atoms with Crippen molar-refractivity contribution >= 4 is 33.4 Å². The molecule has 0 unspecified atom stereocenters. The number of thiophene rings is 1. The number of rotatable bonds is 9. The normalized spacial score (nSPS) is 11.6. The van der Waals surface area contributed by atoms with Crippen molar-refractivity contribution in [1.29, 1.82) is 0 Å². The third-order valence-corrected chi connectivity index (χ3v) is 5.83. The van der Waals surface area contributed by atoms with Crippen molar-refractivity contribution in [2.75, 3.05) is 26.0 Å². The first-order valence-corrected chi connectivity index (χ1v) is 10.3. The first-order chi connectivity index (χ1) is 11.9. The molecule has 1 heterocycles. The molecule has 0 radical (unpaired) electrons. The van der Waals surface area contributed by atoms with Crippen LogP contribution in [-0.4, -0.2) is 40.3 Å². The molecule has 0 amide bonds. The van der Waals surface area contributed by atoms with Crippen molar-refractivity contribution < 1.29 is 13.2 Å². The summed E-state index contributed by atoms with van der Waals surface area (Å²) in [6.45, 7) is 2.85. The van der Waals surface area contributed by atoms with E-state index in [4.69, 9.17) is 4.74 Å². The van der Waals surface area contributed by atoms with Crippen LogP contribution in [0.5, 0.6) is 10.8 Å². The van der Waals surface area contributed by atoms with Crippen molar-refractivity contribution in [3.8, 4) is 10.8 Å². The van der Waals surface area contributed by atoms with Gasteiger partial charge < -0.3 is 15.0 Å². The molecule has 0 saturated heterocycles. The molecule has 0 aliphatic heterocycles. The van der Waals surface area contributed by atoms with Crippen LogP contribution in [0.4, 0.5) is 5.69 Å². The number of unbranched alkanes of at least 4 members (excludes halogenated alkanes) is 1. The summed E-state index contributed by atoms with van der Waals surface area (Å²) >= 11 is 1.07. The summed E-state index contributed by atoms with van der Waals surface area (Å²) in [6.07, 6.45) is 3.31. The third-order valence-electron chi connectivity index (χ3n) is 3.15. The van der Waals surface area contributed by atoms with E-state index < -0.39 is 10.0 Å². The van der Waals surface area contributed by atoms with Crippen LogP contribution in [-0.2, 0) is 10.0 Å². The van der Waals surface area contributed by atoms with Gasteiger partial charge in [-0.1, -0.05) is 42.9 Å². The predicted octanol–water partition coefficient (Wildman–Crippen LogP) is 4.03. The van der Waals surface area contributed by atoms with Gasteiger partial charge in [-0.2, -0.15) is 8.42 Å². The van der Waals surface area contributed by atoms with Gasteiger partial charge in [-0.25, -0.2) is 0 Å². The highest BCUT2D eigenvalue weighted by Gasteiger charge is 2.21. The van der Waals surface area contributed by atoms with E-state index in [0.717, 1.165) is 30.7 Å². The quantitative estimate of drug-likeness (QED) is 0.403. The Morgan fingerprint density at radius 3 is 2.64 bits per heavy atom. The molecule has 0 spiro atoms. The highest BCUT2D eigenvalue weighted by Crippen LogP contribution is 2.41. The average Bonchev–Trinajstić information content (AvgIpc) is 2.98. The molecule has 0 atom stereocenters.